The van der Waals surface area contributed by atoms with E-state index in [0.717, 1.165) is 18.7 Å². The van der Waals surface area contributed by atoms with Crippen molar-refractivity contribution in [3.8, 4) is 0 Å². The molecule has 7 heteroatoms. The minimum absolute atomic E-state index is 0.106. The first-order chi connectivity index (χ1) is 8.95. The van der Waals surface area contributed by atoms with Gasteiger partial charge in [-0.05, 0) is 30.9 Å². The molecule has 0 unspecified atom stereocenters. The lowest BCUT2D eigenvalue weighted by Gasteiger charge is -2.11. The van der Waals surface area contributed by atoms with Crippen LogP contribution >= 0.6 is 11.6 Å². The second kappa shape index (κ2) is 5.96. The van der Waals surface area contributed by atoms with E-state index in [1.54, 1.807) is 0 Å². The van der Waals surface area contributed by atoms with Crippen LogP contribution in [-0.2, 0) is 10.9 Å². The third kappa shape index (κ3) is 4.87. The molecule has 1 N–H and O–H groups in total. The number of anilines is 1. The highest BCUT2D eigenvalue weighted by Gasteiger charge is 2.31. The summed E-state index contributed by atoms with van der Waals surface area (Å²) in [5.74, 6) is 0.774. The van der Waals surface area contributed by atoms with Crippen LogP contribution in [0.4, 0.5) is 19.0 Å². The molecule has 1 saturated carbocycles. The number of hydrogen-bond donors (Lipinski definition) is 1. The summed E-state index contributed by atoms with van der Waals surface area (Å²) in [6.45, 7) is 1.56. The average molecular weight is 295 g/mol. The second-order valence-corrected chi connectivity index (χ2v) is 4.89. The summed E-state index contributed by atoms with van der Waals surface area (Å²) in [7, 11) is 0. The fourth-order valence-electron chi connectivity index (χ4n) is 1.54. The first-order valence-electron chi connectivity index (χ1n) is 6.01. The van der Waals surface area contributed by atoms with Crippen molar-refractivity contribution in [2.24, 2.45) is 5.92 Å². The molecular weight excluding hydrogens is 281 g/mol. The zero-order chi connectivity index (χ0) is 13.9. The van der Waals surface area contributed by atoms with E-state index in [-0.39, 0.29) is 11.0 Å². The number of rotatable bonds is 6. The van der Waals surface area contributed by atoms with Crippen molar-refractivity contribution in [3.05, 3.63) is 22.8 Å². The Balaban J connectivity index is 1.83. The van der Waals surface area contributed by atoms with Gasteiger partial charge in [-0.15, -0.1) is 0 Å². The molecule has 1 aliphatic carbocycles. The standard InChI is InChI=1S/C12H14ClF3N2O/c13-10-5-9(12(14,15)16)6-11(18-10)17-3-4-19-7-8-1-2-8/h5-6,8H,1-4,7H2,(H,17,18). The summed E-state index contributed by atoms with van der Waals surface area (Å²) in [5.41, 5.74) is -0.811. The van der Waals surface area contributed by atoms with Gasteiger partial charge < -0.3 is 10.1 Å². The molecule has 0 spiro atoms. The van der Waals surface area contributed by atoms with Crippen LogP contribution in [-0.4, -0.2) is 24.7 Å². The van der Waals surface area contributed by atoms with Crippen molar-refractivity contribution >= 4 is 17.4 Å². The maximum Gasteiger partial charge on any atom is 0.416 e. The molecule has 1 aliphatic rings. The monoisotopic (exact) mass is 294 g/mol. The van der Waals surface area contributed by atoms with E-state index >= 15 is 0 Å². The van der Waals surface area contributed by atoms with E-state index in [9.17, 15) is 13.2 Å². The Morgan fingerprint density at radius 2 is 2.11 bits per heavy atom. The van der Waals surface area contributed by atoms with E-state index in [4.69, 9.17) is 16.3 Å². The molecule has 1 aromatic heterocycles. The predicted octanol–water partition coefficient (Wildman–Crippen LogP) is 3.59. The third-order valence-corrected chi connectivity index (χ3v) is 2.92. The zero-order valence-electron chi connectivity index (χ0n) is 10.1. The molecule has 1 heterocycles. The molecule has 1 aromatic rings. The van der Waals surface area contributed by atoms with E-state index in [2.05, 4.69) is 10.3 Å². The lowest BCUT2D eigenvalue weighted by Crippen LogP contribution is -2.13. The van der Waals surface area contributed by atoms with Gasteiger partial charge in [0, 0.05) is 13.2 Å². The smallest absolute Gasteiger partial charge is 0.379 e. The van der Waals surface area contributed by atoms with Crippen LogP contribution in [0.5, 0.6) is 0 Å². The Morgan fingerprint density at radius 1 is 1.37 bits per heavy atom. The minimum atomic E-state index is -4.43. The Kier molecular flexibility index (Phi) is 4.52. The highest BCUT2D eigenvalue weighted by atomic mass is 35.5. The Bertz CT molecular complexity index is 435. The minimum Gasteiger partial charge on any atom is -0.379 e. The maximum absolute atomic E-state index is 12.5. The van der Waals surface area contributed by atoms with Crippen molar-refractivity contribution in [3.63, 3.8) is 0 Å². The molecule has 0 aliphatic heterocycles. The molecule has 0 aromatic carbocycles. The van der Waals surface area contributed by atoms with Crippen molar-refractivity contribution in [2.45, 2.75) is 19.0 Å². The van der Waals surface area contributed by atoms with E-state index < -0.39 is 11.7 Å². The van der Waals surface area contributed by atoms with E-state index in [0.29, 0.717) is 19.1 Å². The maximum atomic E-state index is 12.5. The third-order valence-electron chi connectivity index (χ3n) is 2.72. The molecule has 3 nitrogen and oxygen atoms in total. The predicted molar refractivity (Wildman–Crippen MR) is 66.3 cm³/mol. The van der Waals surface area contributed by atoms with Gasteiger partial charge in [0.2, 0.25) is 0 Å². The molecule has 0 atom stereocenters. The number of halogens is 4. The van der Waals surface area contributed by atoms with Crippen molar-refractivity contribution in [2.75, 3.05) is 25.1 Å². The largest absolute Gasteiger partial charge is 0.416 e. The Hall–Kier alpha value is -1.01. The lowest BCUT2D eigenvalue weighted by atomic mass is 10.2. The normalized spacial score (nSPS) is 15.6. The van der Waals surface area contributed by atoms with Gasteiger partial charge in [0.15, 0.2) is 0 Å². The van der Waals surface area contributed by atoms with Gasteiger partial charge in [-0.1, -0.05) is 11.6 Å². The topological polar surface area (TPSA) is 34.2 Å². The van der Waals surface area contributed by atoms with Crippen molar-refractivity contribution in [1.29, 1.82) is 0 Å². The fourth-order valence-corrected chi connectivity index (χ4v) is 1.75. The van der Waals surface area contributed by atoms with Crippen molar-refractivity contribution in [1.82, 2.24) is 4.98 Å². The van der Waals surface area contributed by atoms with Gasteiger partial charge >= 0.3 is 6.18 Å². The quantitative estimate of drug-likeness (QED) is 0.643. The summed E-state index contributed by atoms with van der Waals surface area (Å²) in [4.78, 5) is 3.79. The number of pyridine rings is 1. The van der Waals surface area contributed by atoms with Crippen LogP contribution < -0.4 is 5.32 Å². The first-order valence-corrected chi connectivity index (χ1v) is 6.39. The van der Waals surface area contributed by atoms with Crippen LogP contribution in [0.1, 0.15) is 18.4 Å². The van der Waals surface area contributed by atoms with Gasteiger partial charge in [0.05, 0.1) is 12.2 Å². The average Bonchev–Trinajstić information content (AvgIpc) is 3.10. The number of ether oxygens (including phenoxy) is 1. The second-order valence-electron chi connectivity index (χ2n) is 4.51. The van der Waals surface area contributed by atoms with Gasteiger partial charge in [-0.3, -0.25) is 0 Å². The van der Waals surface area contributed by atoms with Crippen LogP contribution in [0.2, 0.25) is 5.15 Å². The van der Waals surface area contributed by atoms with Crippen LogP contribution in [0.15, 0.2) is 12.1 Å². The Labute approximate surface area is 114 Å². The van der Waals surface area contributed by atoms with Crippen LogP contribution in [0, 0.1) is 5.92 Å². The molecule has 2 rings (SSSR count). The summed E-state index contributed by atoms with van der Waals surface area (Å²) in [5, 5.41) is 2.59. The highest BCUT2D eigenvalue weighted by molar-refractivity contribution is 6.29. The van der Waals surface area contributed by atoms with Crippen LogP contribution in [0.25, 0.3) is 0 Å². The van der Waals surface area contributed by atoms with Crippen LogP contribution in [0.3, 0.4) is 0 Å². The first kappa shape index (κ1) is 14.4. The van der Waals surface area contributed by atoms with E-state index in [1.807, 2.05) is 0 Å². The summed E-state index contributed by atoms with van der Waals surface area (Å²) >= 11 is 5.56. The van der Waals surface area contributed by atoms with Gasteiger partial charge in [0.1, 0.15) is 11.0 Å². The molecule has 1 fully saturated rings. The number of aromatic nitrogens is 1. The Morgan fingerprint density at radius 3 is 2.74 bits per heavy atom. The fraction of sp³-hybridized carbons (Fsp3) is 0.583. The number of hydrogen-bond acceptors (Lipinski definition) is 3. The highest BCUT2D eigenvalue weighted by Crippen LogP contribution is 2.32. The summed E-state index contributed by atoms with van der Waals surface area (Å²) < 4.78 is 43.0. The van der Waals surface area contributed by atoms with Crippen molar-refractivity contribution < 1.29 is 17.9 Å². The number of nitrogens with one attached hydrogen (secondary N) is 1. The zero-order valence-corrected chi connectivity index (χ0v) is 10.9. The van der Waals surface area contributed by atoms with Gasteiger partial charge in [-0.25, -0.2) is 4.98 Å². The molecule has 0 saturated heterocycles. The molecule has 0 radical (unpaired) electrons. The lowest BCUT2D eigenvalue weighted by molar-refractivity contribution is -0.137. The molecule has 106 valence electrons. The molecule has 19 heavy (non-hydrogen) atoms. The number of nitrogens with zero attached hydrogens (tertiary/aromatic N) is 1. The van der Waals surface area contributed by atoms with Gasteiger partial charge in [0.25, 0.3) is 0 Å². The molecule has 0 amide bonds. The SMILES string of the molecule is FC(F)(F)c1cc(Cl)nc(NCCOCC2CC2)c1. The van der Waals surface area contributed by atoms with E-state index in [1.165, 1.54) is 12.8 Å². The summed E-state index contributed by atoms with van der Waals surface area (Å²) in [6.07, 6.45) is -2.01. The number of alkyl halides is 3. The summed E-state index contributed by atoms with van der Waals surface area (Å²) in [6, 6.07) is 1.74. The molecule has 0 bridgehead atoms. The molecular formula is C12H14ClF3N2O. The van der Waals surface area contributed by atoms with Gasteiger partial charge in [-0.2, -0.15) is 13.2 Å².